The van der Waals surface area contributed by atoms with Gasteiger partial charge in [0.05, 0.1) is 0 Å². The number of para-hydroxylation sites is 1. The number of aromatic nitrogens is 3. The fraction of sp³-hybridized carbons (Fsp3) is 0. The third-order valence-electron chi connectivity index (χ3n) is 9.73. The third kappa shape index (κ3) is 4.96. The van der Waals surface area contributed by atoms with Crippen molar-refractivity contribution < 1.29 is 4.42 Å². The summed E-state index contributed by atoms with van der Waals surface area (Å²) in [6, 6.07) is 61.1. The standard InChI is InChI=1S/C47H29N3O/c1-3-14-30(15-4-1)34-21-11-23-37-36(34)22-12-24-38(37)41-29-33(28-32-18-7-8-19-35(32)41)46-48-45(31-16-5-2-6-17-31)49-47(50-46)40-25-13-27-43-44(40)39-20-9-10-26-42(39)51-43/h1-29H. The number of hydrogen-bond donors (Lipinski definition) is 0. The maximum absolute atomic E-state index is 6.26. The first-order valence-corrected chi connectivity index (χ1v) is 17.1. The number of furan rings is 1. The lowest BCUT2D eigenvalue weighted by molar-refractivity contribution is 0.669. The molecule has 0 radical (unpaired) electrons. The van der Waals surface area contributed by atoms with Crippen LogP contribution in [0.2, 0.25) is 0 Å². The van der Waals surface area contributed by atoms with Gasteiger partial charge in [-0.3, -0.25) is 0 Å². The van der Waals surface area contributed by atoms with Gasteiger partial charge in [0.15, 0.2) is 17.5 Å². The van der Waals surface area contributed by atoms with Gasteiger partial charge in [0.25, 0.3) is 0 Å². The summed E-state index contributed by atoms with van der Waals surface area (Å²) in [6.07, 6.45) is 0. The molecule has 0 spiro atoms. The average molecular weight is 652 g/mol. The molecule has 0 saturated heterocycles. The Hall–Kier alpha value is -6.91. The minimum Gasteiger partial charge on any atom is -0.456 e. The molecule has 0 saturated carbocycles. The average Bonchev–Trinajstić information content (AvgIpc) is 3.59. The molecule has 0 N–H and O–H groups in total. The van der Waals surface area contributed by atoms with E-state index in [1.165, 1.54) is 27.3 Å². The van der Waals surface area contributed by atoms with E-state index in [-0.39, 0.29) is 0 Å². The molecule has 0 unspecified atom stereocenters. The summed E-state index contributed by atoms with van der Waals surface area (Å²) in [6.45, 7) is 0. The zero-order chi connectivity index (χ0) is 33.7. The van der Waals surface area contributed by atoms with Gasteiger partial charge in [-0.25, -0.2) is 15.0 Å². The molecule has 8 aromatic carbocycles. The molecule has 238 valence electrons. The zero-order valence-corrected chi connectivity index (χ0v) is 27.5. The minimum absolute atomic E-state index is 0.600. The van der Waals surface area contributed by atoms with Crippen LogP contribution >= 0.6 is 0 Å². The monoisotopic (exact) mass is 651 g/mol. The first-order chi connectivity index (χ1) is 25.3. The quantitative estimate of drug-likeness (QED) is 0.186. The summed E-state index contributed by atoms with van der Waals surface area (Å²) in [5.74, 6) is 1.83. The van der Waals surface area contributed by atoms with E-state index in [1.54, 1.807) is 0 Å². The first kappa shape index (κ1) is 29.0. The molecule has 0 aliphatic heterocycles. The van der Waals surface area contributed by atoms with Gasteiger partial charge in [0.1, 0.15) is 11.2 Å². The van der Waals surface area contributed by atoms with Gasteiger partial charge in [0, 0.05) is 27.5 Å². The number of benzene rings is 8. The van der Waals surface area contributed by atoms with Crippen molar-refractivity contribution in [3.8, 4) is 56.4 Å². The van der Waals surface area contributed by atoms with E-state index in [1.807, 2.05) is 60.7 Å². The Kier molecular flexibility index (Phi) is 6.78. The van der Waals surface area contributed by atoms with E-state index < -0.39 is 0 Å². The molecule has 51 heavy (non-hydrogen) atoms. The first-order valence-electron chi connectivity index (χ1n) is 17.1. The van der Waals surface area contributed by atoms with E-state index in [0.717, 1.165) is 55.1 Å². The lowest BCUT2D eigenvalue weighted by Gasteiger charge is -2.15. The molecule has 2 aromatic heterocycles. The van der Waals surface area contributed by atoms with Crippen molar-refractivity contribution >= 4 is 43.5 Å². The largest absolute Gasteiger partial charge is 0.456 e. The van der Waals surface area contributed by atoms with Crippen LogP contribution in [0.3, 0.4) is 0 Å². The lowest BCUT2D eigenvalue weighted by atomic mass is 9.89. The van der Waals surface area contributed by atoms with Crippen LogP contribution in [0.4, 0.5) is 0 Å². The fourth-order valence-corrected chi connectivity index (χ4v) is 7.38. The van der Waals surface area contributed by atoms with E-state index in [9.17, 15) is 0 Å². The number of nitrogens with zero attached hydrogens (tertiary/aromatic N) is 3. The fourth-order valence-electron chi connectivity index (χ4n) is 7.38. The van der Waals surface area contributed by atoms with Crippen molar-refractivity contribution in [2.75, 3.05) is 0 Å². The highest BCUT2D eigenvalue weighted by molar-refractivity contribution is 6.12. The summed E-state index contributed by atoms with van der Waals surface area (Å²) in [5, 5.41) is 6.72. The van der Waals surface area contributed by atoms with Gasteiger partial charge in [-0.15, -0.1) is 0 Å². The van der Waals surface area contributed by atoms with Crippen molar-refractivity contribution in [2.24, 2.45) is 0 Å². The van der Waals surface area contributed by atoms with Crippen molar-refractivity contribution in [1.82, 2.24) is 15.0 Å². The molecule has 0 aliphatic carbocycles. The summed E-state index contributed by atoms with van der Waals surface area (Å²) < 4.78 is 6.26. The number of hydrogen-bond acceptors (Lipinski definition) is 4. The van der Waals surface area contributed by atoms with Crippen LogP contribution < -0.4 is 0 Å². The molecule has 4 heteroatoms. The van der Waals surface area contributed by atoms with Crippen molar-refractivity contribution in [2.45, 2.75) is 0 Å². The molecular formula is C47H29N3O. The van der Waals surface area contributed by atoms with Gasteiger partial charge in [-0.1, -0.05) is 152 Å². The van der Waals surface area contributed by atoms with Gasteiger partial charge in [-0.2, -0.15) is 0 Å². The van der Waals surface area contributed by atoms with Crippen LogP contribution in [0, 0.1) is 0 Å². The molecule has 0 aliphatic rings. The second kappa shape index (κ2) is 11.9. The highest BCUT2D eigenvalue weighted by Crippen LogP contribution is 2.41. The second-order valence-corrected chi connectivity index (χ2v) is 12.8. The van der Waals surface area contributed by atoms with E-state index in [4.69, 9.17) is 19.4 Å². The summed E-state index contributed by atoms with van der Waals surface area (Å²) in [4.78, 5) is 15.5. The summed E-state index contributed by atoms with van der Waals surface area (Å²) in [7, 11) is 0. The van der Waals surface area contributed by atoms with Crippen LogP contribution in [0.15, 0.2) is 180 Å². The highest BCUT2D eigenvalue weighted by atomic mass is 16.3. The normalized spacial score (nSPS) is 11.5. The number of fused-ring (bicyclic) bond motifs is 5. The van der Waals surface area contributed by atoms with Crippen molar-refractivity contribution in [1.29, 1.82) is 0 Å². The third-order valence-corrected chi connectivity index (χ3v) is 9.73. The molecule has 0 fully saturated rings. The molecule has 10 aromatic rings. The Morgan fingerprint density at radius 1 is 0.314 bits per heavy atom. The Morgan fingerprint density at radius 2 is 0.863 bits per heavy atom. The van der Waals surface area contributed by atoms with Crippen molar-refractivity contribution in [3.63, 3.8) is 0 Å². The van der Waals surface area contributed by atoms with Gasteiger partial charge in [0.2, 0.25) is 0 Å². The molecule has 10 rings (SSSR count). The van der Waals surface area contributed by atoms with E-state index in [0.29, 0.717) is 17.5 Å². The lowest BCUT2D eigenvalue weighted by Crippen LogP contribution is -2.01. The summed E-state index contributed by atoms with van der Waals surface area (Å²) >= 11 is 0. The molecule has 0 amide bonds. The van der Waals surface area contributed by atoms with Crippen LogP contribution in [0.1, 0.15) is 0 Å². The van der Waals surface area contributed by atoms with E-state index >= 15 is 0 Å². The van der Waals surface area contributed by atoms with Crippen LogP contribution in [-0.2, 0) is 0 Å². The van der Waals surface area contributed by atoms with Gasteiger partial charge < -0.3 is 4.42 Å². The molecule has 2 heterocycles. The zero-order valence-electron chi connectivity index (χ0n) is 27.5. The van der Waals surface area contributed by atoms with Crippen LogP contribution in [0.25, 0.3) is 99.9 Å². The Balaban J connectivity index is 1.23. The topological polar surface area (TPSA) is 51.8 Å². The molecular weight excluding hydrogens is 623 g/mol. The maximum Gasteiger partial charge on any atom is 0.164 e. The minimum atomic E-state index is 0.600. The van der Waals surface area contributed by atoms with Gasteiger partial charge >= 0.3 is 0 Å². The molecule has 0 atom stereocenters. The smallest absolute Gasteiger partial charge is 0.164 e. The van der Waals surface area contributed by atoms with Gasteiger partial charge in [-0.05, 0) is 68.1 Å². The molecule has 0 bridgehead atoms. The molecule has 4 nitrogen and oxygen atoms in total. The number of rotatable bonds is 5. The summed E-state index contributed by atoms with van der Waals surface area (Å²) in [5.41, 5.74) is 9.09. The predicted molar refractivity (Wildman–Crippen MR) is 209 cm³/mol. The Morgan fingerprint density at radius 3 is 1.67 bits per heavy atom. The highest BCUT2D eigenvalue weighted by Gasteiger charge is 2.19. The predicted octanol–water partition coefficient (Wildman–Crippen LogP) is 12.4. The van der Waals surface area contributed by atoms with Crippen molar-refractivity contribution in [3.05, 3.63) is 176 Å². The van der Waals surface area contributed by atoms with Crippen LogP contribution in [-0.4, -0.2) is 15.0 Å². The van der Waals surface area contributed by atoms with Crippen LogP contribution in [0.5, 0.6) is 0 Å². The maximum atomic E-state index is 6.26. The Labute approximate surface area is 294 Å². The van der Waals surface area contributed by atoms with E-state index in [2.05, 4.69) is 115 Å². The second-order valence-electron chi connectivity index (χ2n) is 12.8. The Bertz CT molecular complexity index is 2910. The SMILES string of the molecule is c1ccc(-c2nc(-c3cc(-c4cccc5c(-c6ccccc6)cccc45)c4ccccc4c3)nc(-c3cccc4oc5ccccc5c34)n2)cc1.